The van der Waals surface area contributed by atoms with Gasteiger partial charge < -0.3 is 35.8 Å². The van der Waals surface area contributed by atoms with Gasteiger partial charge in [0, 0.05) is 11.4 Å². The van der Waals surface area contributed by atoms with Gasteiger partial charge in [-0.3, -0.25) is 9.59 Å². The van der Waals surface area contributed by atoms with Crippen molar-refractivity contribution in [3.05, 3.63) is 70.2 Å². The predicted molar refractivity (Wildman–Crippen MR) is 156 cm³/mol. The van der Waals surface area contributed by atoms with Gasteiger partial charge in [-0.1, -0.05) is 70.5 Å². The van der Waals surface area contributed by atoms with Crippen LogP contribution in [-0.2, 0) is 27.4 Å². The smallest absolute Gasteiger partial charge is 0.475 e. The number of rotatable bonds is 12. The summed E-state index contributed by atoms with van der Waals surface area (Å²) < 4.78 is 5.15. The fourth-order valence-electron chi connectivity index (χ4n) is 3.35. The van der Waals surface area contributed by atoms with Gasteiger partial charge in [-0.25, -0.2) is 9.59 Å². The van der Waals surface area contributed by atoms with E-state index in [0.717, 1.165) is 5.92 Å². The molecule has 0 aliphatic heterocycles. The normalized spacial score (nSPS) is 12.0. The van der Waals surface area contributed by atoms with E-state index in [2.05, 4.69) is 36.7 Å². The number of carboxylic acids is 1. The van der Waals surface area contributed by atoms with E-state index in [1.54, 1.807) is 44.2 Å². The van der Waals surface area contributed by atoms with E-state index in [4.69, 9.17) is 21.4 Å². The van der Waals surface area contributed by atoms with E-state index in [-0.39, 0.29) is 24.5 Å². The molecule has 0 aromatic heterocycles. The number of carboxylic acid groups (broad SMARTS) is 1. The number of hydrogen-bond acceptors (Lipinski definition) is 7. The summed E-state index contributed by atoms with van der Waals surface area (Å²) in [4.78, 5) is 48.7. The minimum Gasteiger partial charge on any atom is -0.478 e. The van der Waals surface area contributed by atoms with Crippen molar-refractivity contribution in [3.63, 3.8) is 0 Å². The van der Waals surface area contributed by atoms with Crippen LogP contribution in [0.3, 0.4) is 0 Å². The molecular weight excluding hydrogens is 553 g/mol. The fourth-order valence-corrected chi connectivity index (χ4v) is 3.56. The molecule has 0 radical (unpaired) electrons. The Bertz CT molecular complexity index is 1150. The molecule has 0 heterocycles. The first-order valence-electron chi connectivity index (χ1n) is 13.1. The summed E-state index contributed by atoms with van der Waals surface area (Å²) in [6, 6.07) is 11.4. The molecule has 0 saturated heterocycles. The average molecular weight is 592 g/mol. The Morgan fingerprint density at radius 3 is 2.10 bits per heavy atom. The zero-order valence-corrected chi connectivity index (χ0v) is 24.6. The van der Waals surface area contributed by atoms with Gasteiger partial charge in [0.15, 0.2) is 0 Å². The van der Waals surface area contributed by atoms with Crippen LogP contribution in [0.2, 0.25) is 5.02 Å². The summed E-state index contributed by atoms with van der Waals surface area (Å²) in [6.45, 7) is 9.18. The molecule has 0 aliphatic carbocycles. The van der Waals surface area contributed by atoms with E-state index in [9.17, 15) is 29.2 Å². The highest BCUT2D eigenvalue weighted by molar-refractivity contribution is 6.43. The number of benzene rings is 2. The number of carbonyl (C=O) groups is 4. The third-order valence-electron chi connectivity index (χ3n) is 5.27. The minimum absolute atomic E-state index is 0.0294. The number of nitrogens with one attached hydrogen (secondary N) is 3. The number of hydrogen-bond donors (Lipinski definition) is 6. The molecular formula is C28H39BClN3O8. The van der Waals surface area contributed by atoms with Crippen LogP contribution >= 0.6 is 11.6 Å². The topological polar surface area (TPSA) is 174 Å². The Morgan fingerprint density at radius 2 is 1.54 bits per heavy atom. The van der Waals surface area contributed by atoms with Crippen molar-refractivity contribution in [2.24, 2.45) is 11.8 Å². The van der Waals surface area contributed by atoms with E-state index >= 15 is 0 Å². The minimum atomic E-state index is -1.78. The number of carbonyl (C=O) groups excluding carboxylic acids is 3. The van der Waals surface area contributed by atoms with E-state index in [1.165, 1.54) is 18.2 Å². The van der Waals surface area contributed by atoms with Gasteiger partial charge in [0.25, 0.3) is 0 Å². The highest BCUT2D eigenvalue weighted by Gasteiger charge is 2.29. The van der Waals surface area contributed by atoms with Crippen molar-refractivity contribution in [1.82, 2.24) is 16.0 Å². The van der Waals surface area contributed by atoms with Crippen molar-refractivity contribution in [3.8, 4) is 0 Å². The van der Waals surface area contributed by atoms with Crippen LogP contribution in [0.15, 0.2) is 48.5 Å². The second-order valence-corrected chi connectivity index (χ2v) is 10.7. The molecule has 11 nitrogen and oxygen atoms in total. The zero-order chi connectivity index (χ0) is 31.1. The Kier molecular flexibility index (Phi) is 15.5. The molecule has 224 valence electrons. The van der Waals surface area contributed by atoms with Crippen molar-refractivity contribution >= 4 is 42.6 Å². The van der Waals surface area contributed by atoms with Crippen molar-refractivity contribution in [2.75, 3.05) is 6.54 Å². The van der Waals surface area contributed by atoms with Gasteiger partial charge in [-0.05, 0) is 47.2 Å². The molecule has 41 heavy (non-hydrogen) atoms. The summed E-state index contributed by atoms with van der Waals surface area (Å²) >= 11 is 6.02. The lowest BCUT2D eigenvalue weighted by atomic mass is 9.73. The van der Waals surface area contributed by atoms with Crippen molar-refractivity contribution in [2.45, 2.75) is 59.6 Å². The number of ether oxygens (including phenoxy) is 1. The van der Waals surface area contributed by atoms with Crippen LogP contribution in [-0.4, -0.2) is 64.7 Å². The standard InChI is InChI=1S/C24H29BClN3O8.C4H10/c1-14(2)21(25(35)36)29-20(30)12-27-22(31)19(11-15-5-4-8-18(26)10-15)28-24(34)37-13-16-6-3-7-17(9-16)23(32)33;1-4(2)3/h3-10,14,19,21,35-36H,11-13H2,1-2H3,(H,27,31)(H,28,34)(H,29,30)(H,32,33);4H,1-3H3/t19-,21?;/m0./s1. The number of aromatic carboxylic acids is 1. The van der Waals surface area contributed by atoms with E-state index in [1.807, 2.05) is 0 Å². The van der Waals surface area contributed by atoms with Gasteiger partial charge in [-0.15, -0.1) is 0 Å². The molecule has 0 spiro atoms. The van der Waals surface area contributed by atoms with Gasteiger partial charge in [0.1, 0.15) is 12.6 Å². The van der Waals surface area contributed by atoms with Gasteiger partial charge in [0.05, 0.1) is 18.0 Å². The van der Waals surface area contributed by atoms with Crippen LogP contribution in [0.25, 0.3) is 0 Å². The summed E-state index contributed by atoms with van der Waals surface area (Å²) in [5.41, 5.74) is 1.11. The van der Waals surface area contributed by atoms with Crippen LogP contribution in [0.1, 0.15) is 56.1 Å². The first kappa shape index (κ1) is 35.4. The van der Waals surface area contributed by atoms with Crippen LogP contribution in [0, 0.1) is 11.8 Å². The highest BCUT2D eigenvalue weighted by Crippen LogP contribution is 2.13. The predicted octanol–water partition coefficient (Wildman–Crippen LogP) is 2.81. The van der Waals surface area contributed by atoms with Crippen LogP contribution in [0.4, 0.5) is 4.79 Å². The fraction of sp³-hybridized carbons (Fsp3) is 0.429. The quantitative estimate of drug-likeness (QED) is 0.204. The molecule has 0 aliphatic rings. The van der Waals surface area contributed by atoms with Gasteiger partial charge in [-0.2, -0.15) is 0 Å². The molecule has 2 aromatic carbocycles. The lowest BCUT2D eigenvalue weighted by Gasteiger charge is -2.22. The van der Waals surface area contributed by atoms with Gasteiger partial charge >= 0.3 is 19.2 Å². The first-order chi connectivity index (χ1) is 19.2. The van der Waals surface area contributed by atoms with E-state index in [0.29, 0.717) is 16.1 Å². The molecule has 6 N–H and O–H groups in total. The zero-order valence-electron chi connectivity index (χ0n) is 23.9. The molecule has 0 saturated carbocycles. The van der Waals surface area contributed by atoms with Crippen LogP contribution in [0.5, 0.6) is 0 Å². The number of amides is 3. The molecule has 0 fully saturated rings. The summed E-state index contributed by atoms with van der Waals surface area (Å²) in [5.74, 6) is -2.84. The maximum Gasteiger partial charge on any atom is 0.475 e. The molecule has 1 unspecified atom stereocenters. The Balaban J connectivity index is 0.00000196. The molecule has 2 atom stereocenters. The third-order valence-corrected chi connectivity index (χ3v) is 5.51. The SMILES string of the molecule is CC(C)C.CC(C)C(NC(=O)CNC(=O)[C@H](Cc1cccc(Cl)c1)NC(=O)OCc1cccc(C(=O)O)c1)B(O)O. The van der Waals surface area contributed by atoms with Gasteiger partial charge in [0.2, 0.25) is 11.8 Å². The molecule has 3 amide bonds. The third kappa shape index (κ3) is 14.6. The van der Waals surface area contributed by atoms with Crippen molar-refractivity contribution < 1.29 is 39.1 Å². The Hall–Kier alpha value is -3.61. The first-order valence-corrected chi connectivity index (χ1v) is 13.5. The molecule has 2 rings (SSSR count). The lowest BCUT2D eigenvalue weighted by molar-refractivity contribution is -0.127. The summed E-state index contributed by atoms with van der Waals surface area (Å²) in [6.07, 6.45) is -0.905. The summed E-state index contributed by atoms with van der Waals surface area (Å²) in [7, 11) is -1.78. The van der Waals surface area contributed by atoms with Crippen LogP contribution < -0.4 is 16.0 Å². The number of alkyl carbamates (subject to hydrolysis) is 1. The molecule has 0 bridgehead atoms. The van der Waals surface area contributed by atoms with Crippen molar-refractivity contribution in [1.29, 1.82) is 0 Å². The molecule has 13 heteroatoms. The average Bonchev–Trinajstić information content (AvgIpc) is 2.88. The largest absolute Gasteiger partial charge is 0.478 e. The Morgan fingerprint density at radius 1 is 0.927 bits per heavy atom. The second-order valence-electron chi connectivity index (χ2n) is 10.3. The monoisotopic (exact) mass is 591 g/mol. The lowest BCUT2D eigenvalue weighted by Crippen LogP contribution is -2.54. The highest BCUT2D eigenvalue weighted by atomic mass is 35.5. The maximum absolute atomic E-state index is 12.9. The maximum atomic E-state index is 12.9. The Labute approximate surface area is 245 Å². The van der Waals surface area contributed by atoms with E-state index < -0.39 is 49.5 Å². The molecule has 2 aromatic rings. The summed E-state index contributed by atoms with van der Waals surface area (Å²) in [5, 5.41) is 35.6. The number of halogens is 1. The second kappa shape index (κ2) is 18.0.